The van der Waals surface area contributed by atoms with Gasteiger partial charge in [-0.2, -0.15) is 0 Å². The molecule has 5 heteroatoms. The molecule has 0 aromatic heterocycles. The Bertz CT molecular complexity index is 498. The van der Waals surface area contributed by atoms with Crippen molar-refractivity contribution >= 4 is 17.4 Å². The number of halogens is 3. The zero-order chi connectivity index (χ0) is 14.0. The summed E-state index contributed by atoms with van der Waals surface area (Å²) in [5.41, 5.74) is 0.586. The predicted octanol–water partition coefficient (Wildman–Crippen LogP) is 3.63. The molecule has 0 saturated carbocycles. The molecule has 2 nitrogen and oxygen atoms in total. The van der Waals surface area contributed by atoms with Crippen LogP contribution in [0.2, 0.25) is 5.02 Å². The lowest BCUT2D eigenvalue weighted by atomic mass is 9.92. The molecule has 0 unspecified atom stereocenters. The Hall–Kier alpha value is -1.16. The van der Waals surface area contributed by atoms with Crippen molar-refractivity contribution in [1.82, 2.24) is 5.32 Å². The van der Waals surface area contributed by atoms with Gasteiger partial charge in [0.15, 0.2) is 0 Å². The minimum atomic E-state index is -2.89. The number of hydrogen-bond donors (Lipinski definition) is 1. The monoisotopic (exact) mass is 286 g/mol. The first-order valence-electron chi connectivity index (χ1n) is 6.35. The number of nitrogens with one attached hydrogen (secondary N) is 1. The second-order valence-corrected chi connectivity index (χ2v) is 5.45. The van der Waals surface area contributed by atoms with Gasteiger partial charge in [0.2, 0.25) is 0 Å². The lowest BCUT2D eigenvalue weighted by Gasteiger charge is -2.24. The van der Waals surface area contributed by atoms with Crippen LogP contribution in [0.25, 0.3) is 0 Å². The molecule has 19 heavy (non-hydrogen) atoms. The normalized spacial score (nSPS) is 15.6. The Balaban J connectivity index is 2.37. The molecule has 0 fully saturated rings. The number of aliphatic imine (C=N–C) groups is 1. The third kappa shape index (κ3) is 3.06. The van der Waals surface area contributed by atoms with Crippen LogP contribution in [0.5, 0.6) is 0 Å². The number of alkyl halides is 2. The van der Waals surface area contributed by atoms with Gasteiger partial charge in [-0.3, -0.25) is 4.99 Å². The topological polar surface area (TPSA) is 24.4 Å². The highest BCUT2D eigenvalue weighted by atomic mass is 35.5. The molecule has 0 atom stereocenters. The zero-order valence-electron chi connectivity index (χ0n) is 11.0. The number of benzene rings is 1. The first kappa shape index (κ1) is 14.3. The third-order valence-corrected chi connectivity index (χ3v) is 3.49. The molecule has 0 bridgehead atoms. The Morgan fingerprint density at radius 2 is 2.16 bits per heavy atom. The molecule has 0 spiro atoms. The lowest BCUT2D eigenvalue weighted by molar-refractivity contribution is -0.0520. The molecular weight excluding hydrogens is 270 g/mol. The van der Waals surface area contributed by atoms with Gasteiger partial charge in [-0.25, -0.2) is 8.78 Å². The van der Waals surface area contributed by atoms with Gasteiger partial charge in [0.1, 0.15) is 5.84 Å². The number of nitrogens with zero attached hydrogens (tertiary/aromatic N) is 1. The fourth-order valence-corrected chi connectivity index (χ4v) is 2.24. The predicted molar refractivity (Wildman–Crippen MR) is 74.2 cm³/mol. The van der Waals surface area contributed by atoms with Gasteiger partial charge < -0.3 is 5.32 Å². The first-order valence-corrected chi connectivity index (χ1v) is 6.73. The highest BCUT2D eigenvalue weighted by Gasteiger charge is 2.37. The van der Waals surface area contributed by atoms with Crippen LogP contribution in [0.3, 0.4) is 0 Å². The van der Waals surface area contributed by atoms with Crippen LogP contribution in [-0.2, 0) is 12.3 Å². The second kappa shape index (κ2) is 5.45. The van der Waals surface area contributed by atoms with Crippen LogP contribution < -0.4 is 5.32 Å². The molecule has 1 aromatic rings. The summed E-state index contributed by atoms with van der Waals surface area (Å²) in [7, 11) is 0. The van der Waals surface area contributed by atoms with E-state index in [1.165, 1.54) is 19.9 Å². The smallest absolute Gasteiger partial charge is 0.275 e. The molecule has 0 saturated heterocycles. The summed E-state index contributed by atoms with van der Waals surface area (Å²) in [5.74, 6) is -2.90. The van der Waals surface area contributed by atoms with E-state index in [-0.39, 0.29) is 5.56 Å². The van der Waals surface area contributed by atoms with Crippen molar-refractivity contribution in [1.29, 1.82) is 0 Å². The quantitative estimate of drug-likeness (QED) is 0.898. The van der Waals surface area contributed by atoms with E-state index < -0.39 is 11.8 Å². The Labute approximate surface area is 116 Å². The highest BCUT2D eigenvalue weighted by molar-refractivity contribution is 6.30. The Morgan fingerprint density at radius 1 is 1.42 bits per heavy atom. The first-order chi connectivity index (χ1) is 8.91. The van der Waals surface area contributed by atoms with Gasteiger partial charge in [0.05, 0.1) is 6.54 Å². The van der Waals surface area contributed by atoms with Gasteiger partial charge in [-0.05, 0) is 17.7 Å². The van der Waals surface area contributed by atoms with E-state index in [1.54, 1.807) is 12.1 Å². The fraction of sp³-hybridized carbons (Fsp3) is 0.500. The van der Waals surface area contributed by atoms with E-state index in [9.17, 15) is 8.78 Å². The molecule has 1 heterocycles. The highest BCUT2D eigenvalue weighted by Crippen LogP contribution is 2.39. The molecule has 2 rings (SSSR count). The Morgan fingerprint density at radius 3 is 2.74 bits per heavy atom. The van der Waals surface area contributed by atoms with Crippen molar-refractivity contribution in [2.45, 2.75) is 26.2 Å². The van der Waals surface area contributed by atoms with Crippen molar-refractivity contribution in [3.63, 3.8) is 0 Å². The van der Waals surface area contributed by atoms with Crippen LogP contribution in [0.15, 0.2) is 23.2 Å². The number of amidine groups is 1. The summed E-state index contributed by atoms with van der Waals surface area (Å²) in [5, 5.41) is 3.43. The molecule has 0 radical (unpaired) electrons. The standard InChI is InChI=1S/C14H17ClF2N2/c1-9(2)14(16,17)12-8-11(15)4-3-10(12)7-13-18-5-6-19-13/h3-4,8-9H,5-7H2,1-2H3,(H,18,19). The van der Waals surface area contributed by atoms with Crippen molar-refractivity contribution in [3.8, 4) is 0 Å². The average molecular weight is 287 g/mol. The van der Waals surface area contributed by atoms with Crippen LogP contribution in [0.4, 0.5) is 8.78 Å². The number of hydrogen-bond acceptors (Lipinski definition) is 2. The minimum absolute atomic E-state index is 0.00593. The van der Waals surface area contributed by atoms with Gasteiger partial charge in [-0.1, -0.05) is 31.5 Å². The van der Waals surface area contributed by atoms with E-state index in [0.717, 1.165) is 12.4 Å². The molecule has 0 amide bonds. The summed E-state index contributed by atoms with van der Waals surface area (Å²) < 4.78 is 28.5. The van der Waals surface area contributed by atoms with Gasteiger partial charge in [-0.15, -0.1) is 0 Å². The van der Waals surface area contributed by atoms with Crippen LogP contribution in [0, 0.1) is 5.92 Å². The van der Waals surface area contributed by atoms with E-state index in [1.807, 2.05) is 0 Å². The summed E-state index contributed by atoms with van der Waals surface area (Å²) in [6.45, 7) is 4.50. The lowest BCUT2D eigenvalue weighted by Crippen LogP contribution is -2.26. The summed E-state index contributed by atoms with van der Waals surface area (Å²) in [4.78, 5) is 4.25. The third-order valence-electron chi connectivity index (χ3n) is 3.26. The largest absolute Gasteiger partial charge is 0.372 e. The maximum absolute atomic E-state index is 14.3. The van der Waals surface area contributed by atoms with E-state index in [0.29, 0.717) is 23.6 Å². The molecule has 1 N–H and O–H groups in total. The van der Waals surface area contributed by atoms with Crippen molar-refractivity contribution in [2.75, 3.05) is 13.1 Å². The molecule has 1 aromatic carbocycles. The number of rotatable bonds is 4. The molecule has 0 aliphatic carbocycles. The van der Waals surface area contributed by atoms with Gasteiger partial charge >= 0.3 is 0 Å². The van der Waals surface area contributed by atoms with Gasteiger partial charge in [0.25, 0.3) is 5.92 Å². The van der Waals surface area contributed by atoms with Crippen LogP contribution >= 0.6 is 11.6 Å². The Kier molecular flexibility index (Phi) is 4.09. The van der Waals surface area contributed by atoms with Crippen molar-refractivity contribution < 1.29 is 8.78 Å². The fourth-order valence-electron chi connectivity index (χ4n) is 2.07. The molecule has 104 valence electrons. The van der Waals surface area contributed by atoms with E-state index >= 15 is 0 Å². The summed E-state index contributed by atoms with van der Waals surface area (Å²) in [6, 6.07) is 4.68. The minimum Gasteiger partial charge on any atom is -0.372 e. The van der Waals surface area contributed by atoms with E-state index in [4.69, 9.17) is 11.6 Å². The molecule has 1 aliphatic heterocycles. The zero-order valence-corrected chi connectivity index (χ0v) is 11.8. The van der Waals surface area contributed by atoms with Crippen LogP contribution in [0.1, 0.15) is 25.0 Å². The maximum atomic E-state index is 14.3. The second-order valence-electron chi connectivity index (χ2n) is 5.01. The SMILES string of the molecule is CC(C)C(F)(F)c1cc(Cl)ccc1CC1=NCCN1. The van der Waals surface area contributed by atoms with E-state index in [2.05, 4.69) is 10.3 Å². The van der Waals surface area contributed by atoms with Crippen molar-refractivity contribution in [2.24, 2.45) is 10.9 Å². The summed E-state index contributed by atoms with van der Waals surface area (Å²) >= 11 is 5.87. The van der Waals surface area contributed by atoms with Gasteiger partial charge in [0, 0.05) is 29.5 Å². The van der Waals surface area contributed by atoms with Crippen molar-refractivity contribution in [3.05, 3.63) is 34.3 Å². The average Bonchev–Trinajstić information content (AvgIpc) is 2.84. The maximum Gasteiger partial charge on any atom is 0.275 e. The summed E-state index contributed by atoms with van der Waals surface area (Å²) in [6.07, 6.45) is 0.398. The van der Waals surface area contributed by atoms with Crippen LogP contribution in [-0.4, -0.2) is 18.9 Å². The molecule has 1 aliphatic rings. The molecular formula is C14H17ClF2N2.